The average molecular weight is 345 g/mol. The molecule has 0 radical (unpaired) electrons. The molecule has 1 N–H and O–H groups in total. The quantitative estimate of drug-likeness (QED) is 0.795. The molecule has 0 saturated heterocycles. The summed E-state index contributed by atoms with van der Waals surface area (Å²) >= 11 is 1.43. The van der Waals surface area contributed by atoms with Crippen molar-refractivity contribution in [1.29, 1.82) is 0 Å². The van der Waals surface area contributed by atoms with Crippen LogP contribution in [0, 0.1) is 13.8 Å². The predicted molar refractivity (Wildman–Crippen MR) is 97.9 cm³/mol. The number of para-hydroxylation sites is 1. The summed E-state index contributed by atoms with van der Waals surface area (Å²) in [5.74, 6) is -0.769. The minimum absolute atomic E-state index is 0.283. The van der Waals surface area contributed by atoms with Gasteiger partial charge in [0.1, 0.15) is 4.88 Å². The van der Waals surface area contributed by atoms with Gasteiger partial charge in [-0.1, -0.05) is 32.0 Å². The van der Waals surface area contributed by atoms with Gasteiger partial charge in [0.25, 0.3) is 5.91 Å². The largest absolute Gasteiger partial charge is 0.451 e. The summed E-state index contributed by atoms with van der Waals surface area (Å²) < 4.78 is 5.15. The monoisotopic (exact) mass is 345 g/mol. The number of hydrogen-bond acceptors (Lipinski definition) is 4. The first-order valence-corrected chi connectivity index (χ1v) is 8.92. The van der Waals surface area contributed by atoms with Gasteiger partial charge in [-0.15, -0.1) is 11.3 Å². The molecular formula is C19H23NO3S. The van der Waals surface area contributed by atoms with Crippen LogP contribution in [0.15, 0.2) is 24.3 Å². The summed E-state index contributed by atoms with van der Waals surface area (Å²) in [5, 5.41) is 2.85. The Balaban J connectivity index is 1.97. The molecular weight excluding hydrogens is 322 g/mol. The Hall–Kier alpha value is -2.14. The summed E-state index contributed by atoms with van der Waals surface area (Å²) in [4.78, 5) is 25.9. The summed E-state index contributed by atoms with van der Waals surface area (Å²) in [6.07, 6.45) is 1.71. The first-order chi connectivity index (χ1) is 11.5. The Bertz CT molecular complexity index is 749. The van der Waals surface area contributed by atoms with Gasteiger partial charge in [0.2, 0.25) is 0 Å². The molecule has 4 nitrogen and oxygen atoms in total. The molecule has 2 aromatic rings. The second kappa shape index (κ2) is 8.11. The molecule has 5 heteroatoms. The van der Waals surface area contributed by atoms with Gasteiger partial charge in [-0.3, -0.25) is 4.79 Å². The first-order valence-electron chi connectivity index (χ1n) is 8.11. The third kappa shape index (κ3) is 4.23. The zero-order valence-electron chi connectivity index (χ0n) is 14.6. The summed E-state index contributed by atoms with van der Waals surface area (Å²) in [6.45, 7) is 7.73. The smallest absolute Gasteiger partial charge is 0.348 e. The first kappa shape index (κ1) is 18.2. The topological polar surface area (TPSA) is 55.4 Å². The molecule has 128 valence electrons. The lowest BCUT2D eigenvalue weighted by atomic mass is 10.1. The van der Waals surface area contributed by atoms with Crippen LogP contribution in [0.5, 0.6) is 0 Å². The maximum Gasteiger partial charge on any atom is 0.348 e. The molecule has 0 aliphatic rings. The normalized spacial score (nSPS) is 10.5. The van der Waals surface area contributed by atoms with Crippen molar-refractivity contribution in [3.05, 3.63) is 50.7 Å². The van der Waals surface area contributed by atoms with E-state index in [9.17, 15) is 9.59 Å². The van der Waals surface area contributed by atoms with E-state index < -0.39 is 5.97 Å². The van der Waals surface area contributed by atoms with Gasteiger partial charge in [0.05, 0.1) is 0 Å². The lowest BCUT2D eigenvalue weighted by molar-refractivity contribution is -0.119. The third-order valence-electron chi connectivity index (χ3n) is 3.88. The highest BCUT2D eigenvalue weighted by atomic mass is 32.1. The molecule has 0 spiro atoms. The SMILES string of the molecule is CCc1cccc(C)c1NC(=O)COC(=O)c1cc(C)c(CC)s1. The average Bonchev–Trinajstić information content (AvgIpc) is 2.95. The van der Waals surface area contributed by atoms with E-state index in [4.69, 9.17) is 4.74 Å². The molecule has 0 saturated carbocycles. The minimum Gasteiger partial charge on any atom is -0.451 e. The highest BCUT2D eigenvalue weighted by Crippen LogP contribution is 2.23. The zero-order valence-corrected chi connectivity index (χ0v) is 15.4. The molecule has 0 aliphatic carbocycles. The van der Waals surface area contributed by atoms with Crippen molar-refractivity contribution in [3.8, 4) is 0 Å². The molecule has 0 aliphatic heterocycles. The van der Waals surface area contributed by atoms with Crippen molar-refractivity contribution in [2.45, 2.75) is 40.5 Å². The Morgan fingerprint density at radius 3 is 2.50 bits per heavy atom. The Kier molecular flexibility index (Phi) is 6.15. The van der Waals surface area contributed by atoms with E-state index in [0.29, 0.717) is 4.88 Å². The summed E-state index contributed by atoms with van der Waals surface area (Å²) in [6, 6.07) is 7.71. The molecule has 0 fully saturated rings. The molecule has 24 heavy (non-hydrogen) atoms. The molecule has 1 amide bonds. The molecule has 1 aromatic carbocycles. The van der Waals surface area contributed by atoms with E-state index in [-0.39, 0.29) is 12.5 Å². The highest BCUT2D eigenvalue weighted by Gasteiger charge is 2.15. The van der Waals surface area contributed by atoms with Crippen LogP contribution in [0.3, 0.4) is 0 Å². The fraction of sp³-hybridized carbons (Fsp3) is 0.368. The number of nitrogens with one attached hydrogen (secondary N) is 1. The molecule has 0 atom stereocenters. The highest BCUT2D eigenvalue weighted by molar-refractivity contribution is 7.14. The van der Waals surface area contributed by atoms with Gasteiger partial charge in [0.15, 0.2) is 6.61 Å². The minimum atomic E-state index is -0.446. The summed E-state index contributed by atoms with van der Waals surface area (Å²) in [5.41, 5.74) is 3.96. The van der Waals surface area contributed by atoms with Crippen LogP contribution in [0.25, 0.3) is 0 Å². The number of carbonyl (C=O) groups is 2. The Morgan fingerprint density at radius 2 is 1.88 bits per heavy atom. The number of esters is 1. The van der Waals surface area contributed by atoms with Crippen molar-refractivity contribution in [3.63, 3.8) is 0 Å². The number of ether oxygens (including phenoxy) is 1. The van der Waals surface area contributed by atoms with Crippen LogP contribution in [-0.4, -0.2) is 18.5 Å². The number of thiophene rings is 1. The third-order valence-corrected chi connectivity index (χ3v) is 5.24. The van der Waals surface area contributed by atoms with Crippen LogP contribution in [0.1, 0.15) is 45.1 Å². The second-order valence-corrected chi connectivity index (χ2v) is 6.79. The fourth-order valence-corrected chi connectivity index (χ4v) is 3.56. The van der Waals surface area contributed by atoms with Gasteiger partial charge in [0, 0.05) is 10.6 Å². The van der Waals surface area contributed by atoms with E-state index in [1.807, 2.05) is 45.0 Å². The van der Waals surface area contributed by atoms with Crippen LogP contribution >= 0.6 is 11.3 Å². The predicted octanol–water partition coefficient (Wildman–Crippen LogP) is 4.29. The van der Waals surface area contributed by atoms with E-state index in [0.717, 1.165) is 35.2 Å². The van der Waals surface area contributed by atoms with Crippen LogP contribution < -0.4 is 5.32 Å². The number of amides is 1. The number of hydrogen-bond donors (Lipinski definition) is 1. The standard InChI is InChI=1S/C19H23NO3S/c1-5-14-9-7-8-12(3)18(14)20-17(21)11-23-19(22)16-10-13(4)15(6-2)24-16/h7-10H,5-6,11H2,1-4H3,(H,20,21). The lowest BCUT2D eigenvalue weighted by Gasteiger charge is -2.12. The van der Waals surface area contributed by atoms with Crippen molar-refractivity contribution < 1.29 is 14.3 Å². The van der Waals surface area contributed by atoms with Crippen molar-refractivity contribution >= 4 is 28.9 Å². The summed E-state index contributed by atoms with van der Waals surface area (Å²) in [7, 11) is 0. The zero-order chi connectivity index (χ0) is 17.7. The molecule has 1 aromatic heterocycles. The second-order valence-electron chi connectivity index (χ2n) is 5.66. The maximum absolute atomic E-state index is 12.1. The fourth-order valence-electron chi connectivity index (χ4n) is 2.55. The van der Waals surface area contributed by atoms with E-state index in [1.54, 1.807) is 0 Å². The number of rotatable bonds is 6. The molecule has 0 bridgehead atoms. The maximum atomic E-state index is 12.1. The van der Waals surface area contributed by atoms with Gasteiger partial charge >= 0.3 is 5.97 Å². The number of aryl methyl sites for hydroxylation is 4. The van der Waals surface area contributed by atoms with Crippen LogP contribution in [-0.2, 0) is 22.4 Å². The van der Waals surface area contributed by atoms with E-state index >= 15 is 0 Å². The molecule has 2 rings (SSSR count). The molecule has 1 heterocycles. The van der Waals surface area contributed by atoms with Crippen LogP contribution in [0.4, 0.5) is 5.69 Å². The van der Waals surface area contributed by atoms with E-state index in [2.05, 4.69) is 12.2 Å². The van der Waals surface area contributed by atoms with Crippen molar-refractivity contribution in [2.75, 3.05) is 11.9 Å². The Labute approximate surface area is 146 Å². The lowest BCUT2D eigenvalue weighted by Crippen LogP contribution is -2.21. The number of carbonyl (C=O) groups excluding carboxylic acids is 2. The number of anilines is 1. The van der Waals surface area contributed by atoms with Crippen molar-refractivity contribution in [1.82, 2.24) is 0 Å². The van der Waals surface area contributed by atoms with Crippen LogP contribution in [0.2, 0.25) is 0 Å². The van der Waals surface area contributed by atoms with E-state index in [1.165, 1.54) is 16.2 Å². The molecule has 0 unspecified atom stereocenters. The van der Waals surface area contributed by atoms with Gasteiger partial charge in [-0.05, 0) is 49.4 Å². The Morgan fingerprint density at radius 1 is 1.12 bits per heavy atom. The number of benzene rings is 1. The van der Waals surface area contributed by atoms with Gasteiger partial charge in [-0.2, -0.15) is 0 Å². The van der Waals surface area contributed by atoms with Gasteiger partial charge in [-0.25, -0.2) is 4.79 Å². The van der Waals surface area contributed by atoms with Gasteiger partial charge < -0.3 is 10.1 Å². The van der Waals surface area contributed by atoms with Crippen molar-refractivity contribution in [2.24, 2.45) is 0 Å².